The zero-order valence-corrected chi connectivity index (χ0v) is 18.3. The molecule has 10 nitrogen and oxygen atoms in total. The van der Waals surface area contributed by atoms with Crippen LogP contribution < -0.4 is 9.47 Å². The molecule has 0 N–H and O–H groups in total. The van der Waals surface area contributed by atoms with Gasteiger partial charge in [0.15, 0.2) is 18.3 Å². The van der Waals surface area contributed by atoms with Crippen molar-refractivity contribution in [2.75, 3.05) is 20.8 Å². The first kappa shape index (κ1) is 22.3. The van der Waals surface area contributed by atoms with E-state index in [2.05, 4.69) is 30.0 Å². The van der Waals surface area contributed by atoms with Gasteiger partial charge in [-0.25, -0.2) is 4.90 Å². The molecule has 5 rings (SSSR count). The van der Waals surface area contributed by atoms with Crippen LogP contribution in [0.5, 0.6) is 11.5 Å². The Morgan fingerprint density at radius 2 is 1.17 bits per heavy atom. The van der Waals surface area contributed by atoms with E-state index in [1.54, 1.807) is 48.5 Å². The minimum absolute atomic E-state index is 0.0512. The van der Waals surface area contributed by atoms with E-state index < -0.39 is 18.8 Å². The molecular weight excluding hydrogens is 467 g/mol. The van der Waals surface area contributed by atoms with Gasteiger partial charge in [0, 0.05) is 0 Å². The molecule has 3 aliphatic heterocycles. The maximum Gasteiger partial charge on any atom is 0.422 e. The number of rotatable bonds is 5. The number of para-hydroxylation sites is 2. The Labute approximate surface area is 196 Å². The number of nitrogens with zero attached hydrogens (tertiary/aromatic N) is 7. The van der Waals surface area contributed by atoms with Gasteiger partial charge in [0.1, 0.15) is 11.5 Å². The summed E-state index contributed by atoms with van der Waals surface area (Å²) in [6, 6.07) is 13.5. The fraction of sp³-hybridized carbons (Fsp3) is 0.182. The van der Waals surface area contributed by atoms with Crippen molar-refractivity contribution in [2.45, 2.75) is 6.18 Å². The number of ether oxygens (including phenoxy) is 3. The summed E-state index contributed by atoms with van der Waals surface area (Å²) >= 11 is 0. The zero-order chi connectivity index (χ0) is 24.6. The third kappa shape index (κ3) is 4.35. The molecule has 0 amide bonds. The second-order valence-electron chi connectivity index (χ2n) is 7.14. The Morgan fingerprint density at radius 1 is 0.686 bits per heavy atom. The summed E-state index contributed by atoms with van der Waals surface area (Å²) in [6.45, 7) is -1.58. The van der Waals surface area contributed by atoms with Crippen LogP contribution in [0.1, 0.15) is 11.1 Å². The molecule has 2 aromatic rings. The predicted octanol–water partition coefficient (Wildman–Crippen LogP) is 3.24. The lowest BCUT2D eigenvalue weighted by atomic mass is 10.1. The summed E-state index contributed by atoms with van der Waals surface area (Å²) < 4.78 is 53.9. The lowest BCUT2D eigenvalue weighted by Gasteiger charge is -2.30. The van der Waals surface area contributed by atoms with E-state index in [1.807, 2.05) is 0 Å². The molecule has 0 aromatic heterocycles. The molecule has 0 radical (unpaired) electrons. The van der Waals surface area contributed by atoms with E-state index in [-0.39, 0.29) is 29.5 Å². The Morgan fingerprint density at radius 3 is 1.69 bits per heavy atom. The minimum Gasteiger partial charge on any atom is -0.496 e. The average molecular weight is 483 g/mol. The summed E-state index contributed by atoms with van der Waals surface area (Å²) in [5.74, 6) is 1.36. The summed E-state index contributed by atoms with van der Waals surface area (Å²) in [6.07, 6.45) is -4.58. The van der Waals surface area contributed by atoms with Crippen LogP contribution in [0.25, 0.3) is 0 Å². The Kier molecular flexibility index (Phi) is 5.51. The molecule has 0 bridgehead atoms. The highest BCUT2D eigenvalue weighted by Gasteiger charge is 2.37. The molecule has 3 aliphatic rings. The molecule has 2 aromatic carbocycles. The van der Waals surface area contributed by atoms with Crippen molar-refractivity contribution in [2.24, 2.45) is 30.0 Å². The van der Waals surface area contributed by atoms with E-state index in [0.29, 0.717) is 22.6 Å². The highest BCUT2D eigenvalue weighted by molar-refractivity contribution is 6.33. The third-order valence-corrected chi connectivity index (χ3v) is 4.88. The topological polar surface area (TPSA) is 105 Å². The number of methoxy groups -OCH3 is 2. The number of alkyl halides is 3. The Bertz CT molecular complexity index is 1330. The van der Waals surface area contributed by atoms with Gasteiger partial charge in [-0.2, -0.15) is 43.1 Å². The molecule has 0 atom stereocenters. The molecule has 13 heteroatoms. The van der Waals surface area contributed by atoms with Crippen LogP contribution >= 0.6 is 0 Å². The van der Waals surface area contributed by atoms with Gasteiger partial charge in [-0.1, -0.05) is 24.3 Å². The molecule has 0 unspecified atom stereocenters. The minimum atomic E-state index is -4.58. The van der Waals surface area contributed by atoms with Crippen molar-refractivity contribution in [3.8, 4) is 11.5 Å². The first-order chi connectivity index (χ1) is 16.9. The monoisotopic (exact) mass is 483 g/mol. The second kappa shape index (κ2) is 8.66. The standard InChI is InChI=1S/C22H16F3N7O3/c1-33-14-9-5-3-7-12(14)16-26-18-27-17(13-8-4-6-10-15(13)34-2)29-20-31-21(35-11-22(23,24)25)30-19(28-16)32(18)20/h3-10H,11H2,1-2H3. The van der Waals surface area contributed by atoms with Crippen LogP contribution in [0.2, 0.25) is 0 Å². The van der Waals surface area contributed by atoms with Gasteiger partial charge in [-0.05, 0) is 24.3 Å². The summed E-state index contributed by atoms with van der Waals surface area (Å²) in [5.41, 5.74) is 1.06. The number of amidine groups is 3. The van der Waals surface area contributed by atoms with Crippen molar-refractivity contribution < 1.29 is 27.4 Å². The average Bonchev–Trinajstić information content (AvgIpc) is 2.86. The quantitative estimate of drug-likeness (QED) is 0.651. The largest absolute Gasteiger partial charge is 0.496 e. The number of hydrogen-bond acceptors (Lipinski definition) is 10. The third-order valence-electron chi connectivity index (χ3n) is 4.88. The molecule has 0 saturated heterocycles. The number of halogens is 3. The highest BCUT2D eigenvalue weighted by Crippen LogP contribution is 2.27. The van der Waals surface area contributed by atoms with Gasteiger partial charge < -0.3 is 14.2 Å². The predicted molar refractivity (Wildman–Crippen MR) is 123 cm³/mol. The number of guanidine groups is 3. The fourth-order valence-corrected chi connectivity index (χ4v) is 3.38. The molecule has 0 aliphatic carbocycles. The van der Waals surface area contributed by atoms with E-state index in [9.17, 15) is 13.2 Å². The highest BCUT2D eigenvalue weighted by atomic mass is 19.4. The normalized spacial score (nSPS) is 16.7. The number of aliphatic imine (C=N–C) groups is 6. The van der Waals surface area contributed by atoms with Crippen LogP contribution in [-0.4, -0.2) is 67.5 Å². The van der Waals surface area contributed by atoms with Crippen molar-refractivity contribution in [1.29, 1.82) is 0 Å². The summed E-state index contributed by atoms with van der Waals surface area (Å²) in [5, 5.41) is 0. The molecular formula is C22H16F3N7O3. The number of benzene rings is 2. The van der Waals surface area contributed by atoms with Crippen LogP contribution in [-0.2, 0) is 4.74 Å². The molecule has 0 spiro atoms. The Hall–Kier alpha value is -4.55. The van der Waals surface area contributed by atoms with Gasteiger partial charge in [-0.15, -0.1) is 0 Å². The van der Waals surface area contributed by atoms with Crippen molar-refractivity contribution in [3.63, 3.8) is 0 Å². The Balaban J connectivity index is 1.66. The van der Waals surface area contributed by atoms with Gasteiger partial charge in [0.25, 0.3) is 0 Å². The van der Waals surface area contributed by atoms with Gasteiger partial charge in [-0.3, -0.25) is 0 Å². The first-order valence-corrected chi connectivity index (χ1v) is 10.1. The maximum absolute atomic E-state index is 12.8. The fourth-order valence-electron chi connectivity index (χ4n) is 3.38. The molecule has 35 heavy (non-hydrogen) atoms. The zero-order valence-electron chi connectivity index (χ0n) is 18.3. The maximum atomic E-state index is 12.8. The van der Waals surface area contributed by atoms with E-state index in [1.165, 1.54) is 19.1 Å². The SMILES string of the molecule is COc1ccccc1C1=NC2=NC(OCC(F)(F)F)=NC3=NC(c4ccccc4OC)=NC(=N1)N23. The number of hydrogen-bond donors (Lipinski definition) is 0. The van der Waals surface area contributed by atoms with Crippen molar-refractivity contribution in [3.05, 3.63) is 59.7 Å². The van der Waals surface area contributed by atoms with E-state index >= 15 is 0 Å². The molecule has 0 fully saturated rings. The summed E-state index contributed by atoms with van der Waals surface area (Å²) in [4.78, 5) is 27.3. The van der Waals surface area contributed by atoms with E-state index in [0.717, 1.165) is 0 Å². The van der Waals surface area contributed by atoms with Crippen molar-refractivity contribution >= 4 is 35.6 Å². The van der Waals surface area contributed by atoms with Crippen LogP contribution in [0.15, 0.2) is 78.5 Å². The van der Waals surface area contributed by atoms with Gasteiger partial charge in [0.2, 0.25) is 17.9 Å². The van der Waals surface area contributed by atoms with Crippen LogP contribution in [0.4, 0.5) is 13.2 Å². The van der Waals surface area contributed by atoms with Gasteiger partial charge in [0.05, 0.1) is 25.3 Å². The molecule has 0 saturated carbocycles. The second-order valence-corrected chi connectivity index (χ2v) is 7.14. The molecule has 3 heterocycles. The van der Waals surface area contributed by atoms with E-state index in [4.69, 9.17) is 14.2 Å². The van der Waals surface area contributed by atoms with Crippen molar-refractivity contribution in [1.82, 2.24) is 4.90 Å². The first-order valence-electron chi connectivity index (χ1n) is 10.1. The summed E-state index contributed by atoms with van der Waals surface area (Å²) in [7, 11) is 3.00. The molecule has 178 valence electrons. The lowest BCUT2D eigenvalue weighted by Crippen LogP contribution is -2.48. The van der Waals surface area contributed by atoms with Crippen LogP contribution in [0, 0.1) is 0 Å². The lowest BCUT2D eigenvalue weighted by molar-refractivity contribution is -0.156. The van der Waals surface area contributed by atoms with Crippen LogP contribution in [0.3, 0.4) is 0 Å². The smallest absolute Gasteiger partial charge is 0.422 e. The van der Waals surface area contributed by atoms with Gasteiger partial charge >= 0.3 is 12.2 Å².